The predicted molar refractivity (Wildman–Crippen MR) is 58.1 cm³/mol. The third kappa shape index (κ3) is 3.10. The van der Waals surface area contributed by atoms with Crippen molar-refractivity contribution >= 4 is 5.97 Å². The van der Waals surface area contributed by atoms with E-state index in [0.717, 1.165) is 0 Å². The summed E-state index contributed by atoms with van der Waals surface area (Å²) in [5.74, 6) is 0.0392. The molecule has 0 aliphatic carbocycles. The number of hydrogen-bond donors (Lipinski definition) is 1. The van der Waals surface area contributed by atoms with E-state index >= 15 is 0 Å². The lowest BCUT2D eigenvalue weighted by atomic mass is 10.2. The fourth-order valence-corrected chi connectivity index (χ4v) is 1.35. The number of nitrogens with zero attached hydrogens (tertiary/aromatic N) is 3. The van der Waals surface area contributed by atoms with Crippen LogP contribution < -0.4 is 0 Å². The maximum absolute atomic E-state index is 10.3. The molecule has 0 saturated carbocycles. The highest BCUT2D eigenvalue weighted by Crippen LogP contribution is 2.12. The molecule has 0 aromatic carbocycles. The Morgan fingerprint density at radius 1 is 1.41 bits per heavy atom. The molecule has 88 valence electrons. The van der Waals surface area contributed by atoms with Crippen LogP contribution in [0.5, 0.6) is 0 Å². The van der Waals surface area contributed by atoms with Gasteiger partial charge < -0.3 is 9.63 Å². The molecule has 2 aromatic heterocycles. The highest BCUT2D eigenvalue weighted by Gasteiger charge is 2.09. The summed E-state index contributed by atoms with van der Waals surface area (Å²) in [5, 5.41) is 12.3. The first-order valence-corrected chi connectivity index (χ1v) is 5.21. The number of aliphatic carboxylic acids is 1. The van der Waals surface area contributed by atoms with E-state index in [9.17, 15) is 4.79 Å². The van der Waals surface area contributed by atoms with Crippen LogP contribution in [0.1, 0.15) is 18.7 Å². The van der Waals surface area contributed by atoms with Crippen molar-refractivity contribution in [2.75, 3.05) is 0 Å². The summed E-state index contributed by atoms with van der Waals surface area (Å²) in [5.41, 5.74) is 0.640. The minimum atomic E-state index is -0.825. The average molecular weight is 233 g/mol. The first kappa shape index (κ1) is 11.3. The fraction of sp³-hybridized carbons (Fsp3) is 0.273. The largest absolute Gasteiger partial charge is 0.481 e. The molecule has 0 bridgehead atoms. The molecular weight excluding hydrogens is 222 g/mol. The van der Waals surface area contributed by atoms with Gasteiger partial charge in [0.2, 0.25) is 11.7 Å². The SMILES string of the molecule is O=C(O)CCCc1nc(-c2ccccn2)no1. The standard InChI is InChI=1S/C11H11N3O3/c15-10(16)6-3-5-9-13-11(14-17-9)8-4-1-2-7-12-8/h1-2,4,7H,3,5-6H2,(H,15,16). The van der Waals surface area contributed by atoms with Crippen LogP contribution in [0.4, 0.5) is 0 Å². The van der Waals surface area contributed by atoms with Gasteiger partial charge in [0.1, 0.15) is 5.69 Å². The van der Waals surface area contributed by atoms with Gasteiger partial charge in [-0.15, -0.1) is 0 Å². The van der Waals surface area contributed by atoms with Crippen LogP contribution in [0.15, 0.2) is 28.9 Å². The normalized spacial score (nSPS) is 10.4. The van der Waals surface area contributed by atoms with Crippen LogP contribution in [0.25, 0.3) is 11.5 Å². The molecule has 1 N–H and O–H groups in total. The monoisotopic (exact) mass is 233 g/mol. The first-order valence-electron chi connectivity index (χ1n) is 5.21. The van der Waals surface area contributed by atoms with Crippen molar-refractivity contribution in [2.24, 2.45) is 0 Å². The molecule has 0 spiro atoms. The number of hydrogen-bond acceptors (Lipinski definition) is 5. The van der Waals surface area contributed by atoms with Gasteiger partial charge in [-0.1, -0.05) is 11.2 Å². The van der Waals surface area contributed by atoms with Gasteiger partial charge in [0, 0.05) is 19.0 Å². The molecule has 0 amide bonds. The summed E-state index contributed by atoms with van der Waals surface area (Å²) in [7, 11) is 0. The minimum absolute atomic E-state index is 0.0985. The molecule has 2 heterocycles. The van der Waals surface area contributed by atoms with Gasteiger partial charge in [0.05, 0.1) is 0 Å². The van der Waals surface area contributed by atoms with Crippen LogP contribution >= 0.6 is 0 Å². The van der Waals surface area contributed by atoms with Gasteiger partial charge in [-0.05, 0) is 18.6 Å². The van der Waals surface area contributed by atoms with Crippen molar-refractivity contribution in [1.82, 2.24) is 15.1 Å². The van der Waals surface area contributed by atoms with Crippen LogP contribution in [0.2, 0.25) is 0 Å². The number of pyridine rings is 1. The summed E-state index contributed by atoms with van der Waals surface area (Å²) in [6.45, 7) is 0. The lowest BCUT2D eigenvalue weighted by molar-refractivity contribution is -0.137. The Labute approximate surface area is 97.3 Å². The van der Waals surface area contributed by atoms with Crippen molar-refractivity contribution in [3.05, 3.63) is 30.3 Å². The van der Waals surface area contributed by atoms with Crippen molar-refractivity contribution in [2.45, 2.75) is 19.3 Å². The molecule has 0 aliphatic rings. The van der Waals surface area contributed by atoms with Crippen molar-refractivity contribution in [1.29, 1.82) is 0 Å². The second kappa shape index (κ2) is 5.20. The Hall–Kier alpha value is -2.24. The highest BCUT2D eigenvalue weighted by molar-refractivity contribution is 5.66. The quantitative estimate of drug-likeness (QED) is 0.842. The van der Waals surface area contributed by atoms with Gasteiger partial charge in [0.15, 0.2) is 0 Å². The number of aryl methyl sites for hydroxylation is 1. The van der Waals surface area contributed by atoms with E-state index in [4.69, 9.17) is 9.63 Å². The van der Waals surface area contributed by atoms with Gasteiger partial charge in [0.25, 0.3) is 0 Å². The zero-order valence-corrected chi connectivity index (χ0v) is 9.04. The van der Waals surface area contributed by atoms with E-state index in [2.05, 4.69) is 15.1 Å². The van der Waals surface area contributed by atoms with Crippen LogP contribution in [-0.4, -0.2) is 26.2 Å². The zero-order chi connectivity index (χ0) is 12.1. The zero-order valence-electron chi connectivity index (χ0n) is 9.04. The Kier molecular flexibility index (Phi) is 3.44. The molecule has 6 nitrogen and oxygen atoms in total. The molecular formula is C11H11N3O3. The second-order valence-electron chi connectivity index (χ2n) is 3.47. The Morgan fingerprint density at radius 2 is 2.29 bits per heavy atom. The average Bonchev–Trinajstić information content (AvgIpc) is 2.78. The third-order valence-corrected chi connectivity index (χ3v) is 2.14. The van der Waals surface area contributed by atoms with Crippen molar-refractivity contribution in [3.8, 4) is 11.5 Å². The van der Waals surface area contributed by atoms with Gasteiger partial charge in [-0.2, -0.15) is 4.98 Å². The smallest absolute Gasteiger partial charge is 0.303 e. The lowest BCUT2D eigenvalue weighted by Gasteiger charge is -1.91. The van der Waals surface area contributed by atoms with Crippen LogP contribution in [0.3, 0.4) is 0 Å². The van der Waals surface area contributed by atoms with E-state index in [1.54, 1.807) is 18.3 Å². The van der Waals surface area contributed by atoms with Crippen LogP contribution in [-0.2, 0) is 11.2 Å². The molecule has 0 unspecified atom stereocenters. The summed E-state index contributed by atoms with van der Waals surface area (Å²) in [4.78, 5) is 18.6. The molecule has 17 heavy (non-hydrogen) atoms. The number of carboxylic acid groups (broad SMARTS) is 1. The topological polar surface area (TPSA) is 89.1 Å². The number of carboxylic acids is 1. The summed E-state index contributed by atoms with van der Waals surface area (Å²) < 4.78 is 5.01. The molecule has 2 aromatic rings. The van der Waals surface area contributed by atoms with E-state index < -0.39 is 5.97 Å². The molecule has 0 fully saturated rings. The summed E-state index contributed by atoms with van der Waals surface area (Å²) in [6, 6.07) is 5.42. The van der Waals surface area contributed by atoms with E-state index in [0.29, 0.717) is 30.3 Å². The van der Waals surface area contributed by atoms with E-state index in [-0.39, 0.29) is 6.42 Å². The Bertz CT molecular complexity index is 496. The number of rotatable bonds is 5. The van der Waals surface area contributed by atoms with Crippen LogP contribution in [0, 0.1) is 0 Å². The number of aromatic nitrogens is 3. The first-order chi connectivity index (χ1) is 8.25. The fourth-order valence-electron chi connectivity index (χ4n) is 1.35. The van der Waals surface area contributed by atoms with Gasteiger partial charge >= 0.3 is 5.97 Å². The highest BCUT2D eigenvalue weighted by atomic mass is 16.5. The molecule has 0 radical (unpaired) electrons. The van der Waals surface area contributed by atoms with Crippen molar-refractivity contribution < 1.29 is 14.4 Å². The van der Waals surface area contributed by atoms with Gasteiger partial charge in [-0.3, -0.25) is 9.78 Å². The summed E-state index contributed by atoms with van der Waals surface area (Å²) >= 11 is 0. The second-order valence-corrected chi connectivity index (χ2v) is 3.47. The molecule has 0 saturated heterocycles. The minimum Gasteiger partial charge on any atom is -0.481 e. The molecule has 2 rings (SSSR count). The van der Waals surface area contributed by atoms with E-state index in [1.807, 2.05) is 6.07 Å². The Balaban J connectivity index is 1.99. The predicted octanol–water partition coefficient (Wildman–Crippen LogP) is 1.54. The summed E-state index contributed by atoms with van der Waals surface area (Å²) in [6.07, 6.45) is 2.70. The Morgan fingerprint density at radius 3 is 3.00 bits per heavy atom. The molecule has 0 aliphatic heterocycles. The lowest BCUT2D eigenvalue weighted by Crippen LogP contribution is -1.96. The molecule has 0 atom stereocenters. The maximum Gasteiger partial charge on any atom is 0.303 e. The van der Waals surface area contributed by atoms with E-state index in [1.165, 1.54) is 0 Å². The maximum atomic E-state index is 10.3. The number of carbonyl (C=O) groups is 1. The molecule has 6 heteroatoms. The van der Waals surface area contributed by atoms with Crippen molar-refractivity contribution in [3.63, 3.8) is 0 Å². The van der Waals surface area contributed by atoms with Gasteiger partial charge in [-0.25, -0.2) is 0 Å². The third-order valence-electron chi connectivity index (χ3n) is 2.14.